The topological polar surface area (TPSA) is 44.2 Å². The minimum atomic E-state index is 0.778. The van der Waals surface area contributed by atoms with Crippen LogP contribution < -0.4 is 20.2 Å². The van der Waals surface area contributed by atoms with Gasteiger partial charge in [0.1, 0.15) is 11.5 Å². The Balaban J connectivity index is 1.75. The minimum Gasteiger partial charge on any atom is -0.497 e. The van der Waals surface area contributed by atoms with Gasteiger partial charge in [-0.05, 0) is 104 Å². The van der Waals surface area contributed by atoms with E-state index in [4.69, 9.17) is 19.4 Å². The van der Waals surface area contributed by atoms with Gasteiger partial charge >= 0.3 is 0 Å². The highest BCUT2D eigenvalue weighted by atomic mass is 79.9. The van der Waals surface area contributed by atoms with E-state index in [-0.39, 0.29) is 0 Å². The Hall–Kier alpha value is -2.78. The summed E-state index contributed by atoms with van der Waals surface area (Å²) in [7, 11) is 3.36. The maximum absolute atomic E-state index is 5.56. The highest BCUT2D eigenvalue weighted by Crippen LogP contribution is 2.36. The summed E-state index contributed by atoms with van der Waals surface area (Å²) in [5, 5.41) is 1.88. The number of aromatic nitrogens is 2. The van der Waals surface area contributed by atoms with Gasteiger partial charge in [-0.15, -0.1) is 22.7 Å². The minimum absolute atomic E-state index is 0.778. The van der Waals surface area contributed by atoms with Crippen LogP contribution in [0.4, 0.5) is 0 Å². The van der Waals surface area contributed by atoms with Crippen LogP contribution in [0.25, 0.3) is 33.7 Å². The van der Waals surface area contributed by atoms with Crippen LogP contribution in [0.5, 0.6) is 11.5 Å². The van der Waals surface area contributed by atoms with Crippen LogP contribution >= 0.6 is 54.5 Å². The summed E-state index contributed by atoms with van der Waals surface area (Å²) >= 11 is 10.8. The average molecular weight is 666 g/mol. The number of hydrogen-bond donors (Lipinski definition) is 0. The molecule has 0 atom stereocenters. The van der Waals surface area contributed by atoms with Gasteiger partial charge in [0.25, 0.3) is 0 Å². The maximum atomic E-state index is 5.56. The van der Waals surface area contributed by atoms with Crippen LogP contribution in [0.1, 0.15) is 22.6 Å². The van der Waals surface area contributed by atoms with E-state index in [1.165, 1.54) is 20.9 Å². The molecule has 4 nitrogen and oxygen atoms in total. The molecule has 0 N–H and O–H groups in total. The molecule has 8 heteroatoms. The molecule has 0 spiro atoms. The Morgan fingerprint density at radius 2 is 1.08 bits per heavy atom. The maximum Gasteiger partial charge on any atom is 0.119 e. The first-order valence-corrected chi connectivity index (χ1v) is 15.2. The van der Waals surface area contributed by atoms with Crippen molar-refractivity contribution in [2.24, 2.45) is 0 Å². The van der Waals surface area contributed by atoms with Crippen molar-refractivity contribution in [3.63, 3.8) is 0 Å². The first kappa shape index (κ1) is 25.5. The zero-order valence-electron chi connectivity index (χ0n) is 20.6. The molecule has 3 aromatic heterocycles. The first-order chi connectivity index (χ1) is 18.5. The third kappa shape index (κ3) is 4.86. The Kier molecular flexibility index (Phi) is 7.22. The molecule has 0 radical (unpaired) electrons. The number of hydrogen-bond acceptors (Lipinski definition) is 6. The molecule has 2 aromatic carbocycles. The fourth-order valence-corrected chi connectivity index (χ4v) is 7.64. The van der Waals surface area contributed by atoms with Gasteiger partial charge in [0, 0.05) is 20.9 Å². The van der Waals surface area contributed by atoms with Gasteiger partial charge in [-0.25, -0.2) is 9.97 Å². The summed E-state index contributed by atoms with van der Waals surface area (Å²) in [6.45, 7) is 0. The highest BCUT2D eigenvalue weighted by molar-refractivity contribution is 9.11. The Labute approximate surface area is 245 Å². The van der Waals surface area contributed by atoms with E-state index < -0.39 is 0 Å². The van der Waals surface area contributed by atoms with Crippen molar-refractivity contribution >= 4 is 65.7 Å². The molecular weight excluding hydrogens is 644 g/mol. The van der Waals surface area contributed by atoms with Crippen molar-refractivity contribution in [3.05, 3.63) is 101 Å². The van der Waals surface area contributed by atoms with Crippen LogP contribution in [0.15, 0.2) is 80.4 Å². The van der Waals surface area contributed by atoms with Crippen LogP contribution in [0.3, 0.4) is 0 Å². The second-order valence-corrected chi connectivity index (χ2v) is 13.7. The molecule has 38 heavy (non-hydrogen) atoms. The number of halogens is 2. The predicted molar refractivity (Wildman–Crippen MR) is 164 cm³/mol. The van der Waals surface area contributed by atoms with Crippen molar-refractivity contribution in [1.29, 1.82) is 0 Å². The third-order valence-corrected chi connectivity index (χ3v) is 9.89. The average Bonchev–Trinajstić information content (AvgIpc) is 3.59. The monoisotopic (exact) mass is 664 g/mol. The predicted octanol–water partition coefficient (Wildman–Crippen LogP) is 7.67. The number of benzene rings is 2. The van der Waals surface area contributed by atoms with Gasteiger partial charge in [0.15, 0.2) is 0 Å². The lowest BCUT2D eigenvalue weighted by molar-refractivity contribution is 0.415. The summed E-state index contributed by atoms with van der Waals surface area (Å²) in [5.74, 6) is 1.56. The van der Waals surface area contributed by atoms with Crippen LogP contribution in [-0.2, 0) is 0 Å². The molecule has 190 valence electrons. The van der Waals surface area contributed by atoms with Gasteiger partial charge in [-0.2, -0.15) is 0 Å². The number of thiophene rings is 2. The molecule has 0 amide bonds. The van der Waals surface area contributed by atoms with Crippen molar-refractivity contribution < 1.29 is 9.47 Å². The van der Waals surface area contributed by atoms with Gasteiger partial charge in [-0.1, -0.05) is 24.3 Å². The summed E-state index contributed by atoms with van der Waals surface area (Å²) in [4.78, 5) is 13.2. The molecule has 0 aliphatic heterocycles. The van der Waals surface area contributed by atoms with Gasteiger partial charge in [0.2, 0.25) is 0 Å². The van der Waals surface area contributed by atoms with Gasteiger partial charge in [-0.3, -0.25) is 0 Å². The lowest BCUT2D eigenvalue weighted by Gasteiger charge is -2.18. The molecule has 1 aliphatic carbocycles. The lowest BCUT2D eigenvalue weighted by Crippen LogP contribution is -2.39. The molecular formula is C30H22Br2N2O2S2. The first-order valence-electron chi connectivity index (χ1n) is 12.0. The molecule has 5 aromatic rings. The molecule has 0 unspecified atom stereocenters. The zero-order chi connectivity index (χ0) is 26.2. The summed E-state index contributed by atoms with van der Waals surface area (Å²) in [5.41, 5.74) is 5.99. The van der Waals surface area contributed by atoms with Gasteiger partial charge in [0.05, 0.1) is 43.9 Å². The fourth-order valence-electron chi connectivity index (χ4n) is 4.72. The van der Waals surface area contributed by atoms with E-state index in [0.717, 1.165) is 65.1 Å². The third-order valence-electron chi connectivity index (χ3n) is 6.52. The number of fused-ring (bicyclic) bond motifs is 1. The van der Waals surface area contributed by atoms with Crippen molar-refractivity contribution in [2.75, 3.05) is 14.2 Å². The standard InChI is InChI=1S/C30H22Br2N2O2S2/c1-35-19-7-3-5-17(15-19)27-28(18-6-4-8-20(16-18)36-2)34-30-22(24-12-14-26(32)38-24)10-9-21(29(30)33-27)23-11-13-25(31)37-23/h3-8,11-16H,9-10H2,1-2H3. The molecule has 0 fully saturated rings. The van der Waals surface area contributed by atoms with Gasteiger partial charge < -0.3 is 9.47 Å². The summed E-state index contributed by atoms with van der Waals surface area (Å²) < 4.78 is 13.3. The van der Waals surface area contributed by atoms with Crippen molar-refractivity contribution in [3.8, 4) is 34.0 Å². The van der Waals surface area contributed by atoms with E-state index in [9.17, 15) is 0 Å². The number of ether oxygens (including phenoxy) is 2. The van der Waals surface area contributed by atoms with E-state index in [1.54, 1.807) is 36.9 Å². The smallest absolute Gasteiger partial charge is 0.119 e. The second-order valence-electron chi connectivity index (χ2n) is 8.75. The van der Waals surface area contributed by atoms with E-state index in [2.05, 4.69) is 68.3 Å². The normalized spacial score (nSPS) is 12.9. The van der Waals surface area contributed by atoms with Crippen molar-refractivity contribution in [2.45, 2.75) is 12.8 Å². The number of rotatable bonds is 6. The number of methoxy groups -OCH3 is 2. The Morgan fingerprint density at radius 1 is 0.632 bits per heavy atom. The summed E-state index contributed by atoms with van der Waals surface area (Å²) in [6, 6.07) is 24.6. The number of nitrogens with zero attached hydrogens (tertiary/aromatic N) is 2. The second kappa shape index (κ2) is 10.8. The molecule has 0 saturated heterocycles. The van der Waals surface area contributed by atoms with Crippen molar-refractivity contribution in [1.82, 2.24) is 9.97 Å². The molecule has 0 bridgehead atoms. The molecule has 0 saturated carbocycles. The van der Waals surface area contributed by atoms with Crippen LogP contribution in [0.2, 0.25) is 0 Å². The molecule has 1 aliphatic rings. The fraction of sp³-hybridized carbons (Fsp3) is 0.133. The Bertz CT molecular complexity index is 1660. The lowest BCUT2D eigenvalue weighted by atomic mass is 9.95. The van der Waals surface area contributed by atoms with Crippen LogP contribution in [0, 0.1) is 0 Å². The molecule has 3 heterocycles. The quantitative estimate of drug-likeness (QED) is 0.187. The SMILES string of the molecule is COc1cccc(-c2nc3c(nc2-c2cccc(OC)c2)=C(c2ccc(Br)s2)CCC=3c2ccc(Br)s2)c1. The van der Waals surface area contributed by atoms with Crippen LogP contribution in [-0.4, -0.2) is 24.2 Å². The van der Waals surface area contributed by atoms with E-state index in [0.29, 0.717) is 0 Å². The zero-order valence-corrected chi connectivity index (χ0v) is 25.4. The highest BCUT2D eigenvalue weighted by Gasteiger charge is 2.22. The van der Waals surface area contributed by atoms with E-state index in [1.807, 2.05) is 36.4 Å². The summed E-state index contributed by atoms with van der Waals surface area (Å²) in [6.07, 6.45) is 1.80. The Morgan fingerprint density at radius 3 is 1.45 bits per heavy atom. The largest absolute Gasteiger partial charge is 0.497 e. The molecule has 6 rings (SSSR count). The van der Waals surface area contributed by atoms with E-state index >= 15 is 0 Å².